The number of hydrogen-bond donors (Lipinski definition) is 2. The van der Waals surface area contributed by atoms with Crippen LogP contribution in [0.2, 0.25) is 0 Å². The SMILES string of the molecule is Cc1nnc(-c2c(C)[nH]c(C)c2S(=O)(=O)NCc2ccccc2C)o1. The van der Waals surface area contributed by atoms with E-state index >= 15 is 0 Å². The smallest absolute Gasteiger partial charge is 0.250 e. The number of aromatic amines is 1. The summed E-state index contributed by atoms with van der Waals surface area (Å²) in [7, 11) is -3.76. The highest BCUT2D eigenvalue weighted by Crippen LogP contribution is 2.32. The molecule has 0 fully saturated rings. The molecule has 3 rings (SSSR count). The monoisotopic (exact) mass is 360 g/mol. The number of nitrogens with zero attached hydrogens (tertiary/aromatic N) is 2. The van der Waals surface area contributed by atoms with E-state index in [0.29, 0.717) is 22.8 Å². The molecule has 3 aromatic rings. The van der Waals surface area contributed by atoms with Gasteiger partial charge in [0.25, 0.3) is 5.89 Å². The molecule has 0 aliphatic rings. The molecule has 0 aliphatic heterocycles. The van der Waals surface area contributed by atoms with Crippen LogP contribution in [0.3, 0.4) is 0 Å². The first kappa shape index (κ1) is 17.4. The summed E-state index contributed by atoms with van der Waals surface area (Å²) in [5, 5.41) is 7.76. The van der Waals surface area contributed by atoms with Crippen molar-refractivity contribution in [2.75, 3.05) is 0 Å². The fraction of sp³-hybridized carbons (Fsp3) is 0.294. The third kappa shape index (κ3) is 3.35. The lowest BCUT2D eigenvalue weighted by molar-refractivity contribution is 0.530. The number of aromatic nitrogens is 3. The molecule has 0 aliphatic carbocycles. The summed E-state index contributed by atoms with van der Waals surface area (Å²) in [6.07, 6.45) is 0. The van der Waals surface area contributed by atoms with Crippen LogP contribution >= 0.6 is 0 Å². The van der Waals surface area contributed by atoms with Crippen molar-refractivity contribution in [3.63, 3.8) is 0 Å². The molecule has 25 heavy (non-hydrogen) atoms. The molecule has 0 amide bonds. The predicted octanol–water partition coefficient (Wildman–Crippen LogP) is 2.78. The van der Waals surface area contributed by atoms with E-state index < -0.39 is 10.0 Å². The lowest BCUT2D eigenvalue weighted by Crippen LogP contribution is -2.24. The van der Waals surface area contributed by atoms with Crippen molar-refractivity contribution in [2.45, 2.75) is 39.1 Å². The largest absolute Gasteiger partial charge is 0.421 e. The highest BCUT2D eigenvalue weighted by atomic mass is 32.2. The van der Waals surface area contributed by atoms with Crippen LogP contribution in [0.15, 0.2) is 33.6 Å². The van der Waals surface area contributed by atoms with Crippen LogP contribution in [0.4, 0.5) is 0 Å². The van der Waals surface area contributed by atoms with Crippen LogP contribution in [0, 0.1) is 27.7 Å². The van der Waals surface area contributed by atoms with E-state index in [-0.39, 0.29) is 17.3 Å². The molecule has 0 unspecified atom stereocenters. The minimum atomic E-state index is -3.76. The maximum Gasteiger partial charge on any atom is 0.250 e. The minimum Gasteiger partial charge on any atom is -0.421 e. The third-order valence-electron chi connectivity index (χ3n) is 4.04. The molecule has 0 saturated heterocycles. The first-order chi connectivity index (χ1) is 11.8. The van der Waals surface area contributed by atoms with Crippen molar-refractivity contribution in [1.82, 2.24) is 19.9 Å². The molecule has 1 aromatic carbocycles. The topological polar surface area (TPSA) is 101 Å². The van der Waals surface area contributed by atoms with E-state index in [2.05, 4.69) is 19.9 Å². The Morgan fingerprint density at radius 2 is 1.80 bits per heavy atom. The zero-order valence-electron chi connectivity index (χ0n) is 14.5. The van der Waals surface area contributed by atoms with Gasteiger partial charge in [0.1, 0.15) is 4.90 Å². The van der Waals surface area contributed by atoms with E-state index in [9.17, 15) is 8.42 Å². The second-order valence-electron chi connectivity index (χ2n) is 5.96. The second-order valence-corrected chi connectivity index (χ2v) is 7.66. The van der Waals surface area contributed by atoms with E-state index in [1.165, 1.54) is 0 Å². The molecule has 0 bridgehead atoms. The van der Waals surface area contributed by atoms with E-state index in [1.54, 1.807) is 20.8 Å². The van der Waals surface area contributed by atoms with Crippen molar-refractivity contribution >= 4 is 10.0 Å². The summed E-state index contributed by atoms with van der Waals surface area (Å²) in [5.74, 6) is 0.570. The van der Waals surface area contributed by atoms with Gasteiger partial charge >= 0.3 is 0 Å². The van der Waals surface area contributed by atoms with Gasteiger partial charge in [-0.1, -0.05) is 24.3 Å². The van der Waals surface area contributed by atoms with E-state index in [0.717, 1.165) is 11.1 Å². The molecule has 8 heteroatoms. The van der Waals surface area contributed by atoms with Crippen molar-refractivity contribution in [2.24, 2.45) is 0 Å². The Morgan fingerprint density at radius 3 is 2.44 bits per heavy atom. The summed E-state index contributed by atoms with van der Waals surface area (Å²) in [6.45, 7) is 7.31. The van der Waals surface area contributed by atoms with Crippen LogP contribution in [-0.4, -0.2) is 23.6 Å². The molecule has 0 saturated carbocycles. The average Bonchev–Trinajstić information content (AvgIpc) is 3.09. The van der Waals surface area contributed by atoms with Crippen LogP contribution in [0.25, 0.3) is 11.5 Å². The van der Waals surface area contributed by atoms with Gasteiger partial charge in [0.15, 0.2) is 0 Å². The molecule has 0 spiro atoms. The van der Waals surface area contributed by atoms with Gasteiger partial charge in [0.2, 0.25) is 15.9 Å². The molecular formula is C17H20N4O3S. The maximum atomic E-state index is 12.9. The first-order valence-electron chi connectivity index (χ1n) is 7.83. The Bertz CT molecular complexity index is 1020. The number of nitrogens with one attached hydrogen (secondary N) is 2. The Morgan fingerprint density at radius 1 is 1.08 bits per heavy atom. The van der Waals surface area contributed by atoms with Crippen molar-refractivity contribution in [3.05, 3.63) is 52.7 Å². The number of aryl methyl sites for hydroxylation is 4. The fourth-order valence-corrected chi connectivity index (χ4v) is 4.26. The van der Waals surface area contributed by atoms with Gasteiger partial charge in [0.05, 0.1) is 5.56 Å². The van der Waals surface area contributed by atoms with Crippen LogP contribution in [0.1, 0.15) is 28.4 Å². The number of benzene rings is 1. The van der Waals surface area contributed by atoms with Gasteiger partial charge in [0, 0.05) is 24.9 Å². The van der Waals surface area contributed by atoms with Gasteiger partial charge < -0.3 is 9.40 Å². The number of rotatable bonds is 5. The summed E-state index contributed by atoms with van der Waals surface area (Å²) >= 11 is 0. The van der Waals surface area contributed by atoms with E-state index in [4.69, 9.17) is 4.42 Å². The molecule has 0 radical (unpaired) electrons. The lowest BCUT2D eigenvalue weighted by atomic mass is 10.1. The van der Waals surface area contributed by atoms with Gasteiger partial charge in [-0.25, -0.2) is 13.1 Å². The normalized spacial score (nSPS) is 11.8. The molecule has 2 aromatic heterocycles. The van der Waals surface area contributed by atoms with Gasteiger partial charge in [-0.15, -0.1) is 10.2 Å². The number of H-pyrrole nitrogens is 1. The minimum absolute atomic E-state index is 0.141. The third-order valence-corrected chi connectivity index (χ3v) is 5.61. The molecule has 2 heterocycles. The highest BCUT2D eigenvalue weighted by Gasteiger charge is 2.28. The maximum absolute atomic E-state index is 12.9. The zero-order chi connectivity index (χ0) is 18.2. The zero-order valence-corrected chi connectivity index (χ0v) is 15.4. The fourth-order valence-electron chi connectivity index (χ4n) is 2.80. The summed E-state index contributed by atoms with van der Waals surface area (Å²) in [5.41, 5.74) is 3.56. The molecule has 0 atom stereocenters. The summed E-state index contributed by atoms with van der Waals surface area (Å²) < 4.78 is 34.0. The second kappa shape index (κ2) is 6.45. The molecule has 2 N–H and O–H groups in total. The predicted molar refractivity (Wildman–Crippen MR) is 93.5 cm³/mol. The number of hydrogen-bond acceptors (Lipinski definition) is 5. The van der Waals surface area contributed by atoms with Crippen LogP contribution in [-0.2, 0) is 16.6 Å². The summed E-state index contributed by atoms with van der Waals surface area (Å²) in [6, 6.07) is 7.65. The first-order valence-corrected chi connectivity index (χ1v) is 9.31. The quantitative estimate of drug-likeness (QED) is 0.728. The van der Waals surface area contributed by atoms with Gasteiger partial charge in [-0.3, -0.25) is 0 Å². The van der Waals surface area contributed by atoms with Crippen molar-refractivity contribution in [1.29, 1.82) is 0 Å². The molecule has 132 valence electrons. The molecule has 7 nitrogen and oxygen atoms in total. The van der Waals surface area contributed by atoms with Crippen molar-refractivity contribution < 1.29 is 12.8 Å². The molecular weight excluding hydrogens is 340 g/mol. The van der Waals surface area contributed by atoms with Gasteiger partial charge in [-0.2, -0.15) is 0 Å². The Hall–Kier alpha value is -2.45. The van der Waals surface area contributed by atoms with E-state index in [1.807, 2.05) is 31.2 Å². The van der Waals surface area contributed by atoms with Crippen LogP contribution in [0.5, 0.6) is 0 Å². The van der Waals surface area contributed by atoms with Crippen molar-refractivity contribution in [3.8, 4) is 11.5 Å². The Kier molecular flexibility index (Phi) is 4.49. The average molecular weight is 360 g/mol. The Balaban J connectivity index is 1.99. The summed E-state index contributed by atoms with van der Waals surface area (Å²) in [4.78, 5) is 3.19. The lowest BCUT2D eigenvalue weighted by Gasteiger charge is -2.10. The van der Waals surface area contributed by atoms with Gasteiger partial charge in [-0.05, 0) is 31.9 Å². The standard InChI is InChI=1S/C17H20N4O3S/c1-10-7-5-6-8-14(10)9-18-25(22,23)16-12(3)19-11(2)15(16)17-21-20-13(4)24-17/h5-8,18-19H,9H2,1-4H3. The highest BCUT2D eigenvalue weighted by molar-refractivity contribution is 7.89. The number of sulfonamides is 1. The Labute approximate surface area is 146 Å². The van der Waals surface area contributed by atoms with Crippen LogP contribution < -0.4 is 4.72 Å².